The van der Waals surface area contributed by atoms with Crippen LogP contribution in [0.2, 0.25) is 0 Å². The highest BCUT2D eigenvalue weighted by atomic mass is 19.1. The van der Waals surface area contributed by atoms with Gasteiger partial charge in [-0.3, -0.25) is 0 Å². The van der Waals surface area contributed by atoms with E-state index < -0.39 is 0 Å². The van der Waals surface area contributed by atoms with Gasteiger partial charge < -0.3 is 14.8 Å². The fourth-order valence-corrected chi connectivity index (χ4v) is 2.25. The number of fused-ring (bicyclic) bond motifs is 1. The lowest BCUT2D eigenvalue weighted by Crippen LogP contribution is -1.90. The van der Waals surface area contributed by atoms with Gasteiger partial charge in [-0.15, -0.1) is 0 Å². The maximum absolute atomic E-state index is 13.3. The molecule has 0 aliphatic rings. The van der Waals surface area contributed by atoms with Crippen LogP contribution in [0, 0.1) is 12.7 Å². The molecule has 0 bridgehead atoms. The molecule has 0 amide bonds. The first-order valence-corrected chi connectivity index (χ1v) is 5.55. The van der Waals surface area contributed by atoms with Crippen LogP contribution in [0.1, 0.15) is 5.69 Å². The Balaban J connectivity index is 2.39. The predicted octanol–water partition coefficient (Wildman–Crippen LogP) is 2.86. The van der Waals surface area contributed by atoms with Crippen LogP contribution in [0.25, 0.3) is 22.2 Å². The lowest BCUT2D eigenvalue weighted by atomic mass is 10.1. The summed E-state index contributed by atoms with van der Waals surface area (Å²) in [5.41, 5.74) is 8.26. The summed E-state index contributed by atoms with van der Waals surface area (Å²) in [7, 11) is 1.89. The number of hydrogen-bond acceptors (Lipinski definition) is 3. The summed E-state index contributed by atoms with van der Waals surface area (Å²) in [4.78, 5) is 0. The predicted molar refractivity (Wildman–Crippen MR) is 67.5 cm³/mol. The molecule has 18 heavy (non-hydrogen) atoms. The van der Waals surface area contributed by atoms with Crippen LogP contribution in [0.4, 0.5) is 10.2 Å². The topological polar surface area (TPSA) is 57.0 Å². The second-order valence-electron chi connectivity index (χ2n) is 4.30. The fourth-order valence-electron chi connectivity index (χ4n) is 2.25. The van der Waals surface area contributed by atoms with Crippen molar-refractivity contribution in [3.05, 3.63) is 35.8 Å². The summed E-state index contributed by atoms with van der Waals surface area (Å²) in [5, 5.41) is 4.61. The zero-order chi connectivity index (χ0) is 12.9. The van der Waals surface area contributed by atoms with Gasteiger partial charge in [-0.05, 0) is 25.1 Å². The Kier molecular flexibility index (Phi) is 2.16. The monoisotopic (exact) mass is 245 g/mol. The van der Waals surface area contributed by atoms with Crippen LogP contribution >= 0.6 is 0 Å². The van der Waals surface area contributed by atoms with Crippen molar-refractivity contribution in [2.45, 2.75) is 6.92 Å². The molecule has 4 nitrogen and oxygen atoms in total. The maximum Gasteiger partial charge on any atom is 0.171 e. The van der Waals surface area contributed by atoms with E-state index in [1.165, 1.54) is 12.1 Å². The van der Waals surface area contributed by atoms with E-state index >= 15 is 0 Å². The molecule has 2 aromatic heterocycles. The summed E-state index contributed by atoms with van der Waals surface area (Å²) >= 11 is 0. The first kappa shape index (κ1) is 10.8. The maximum atomic E-state index is 13.3. The molecule has 0 aliphatic carbocycles. The van der Waals surface area contributed by atoms with Crippen LogP contribution < -0.4 is 5.73 Å². The normalized spacial score (nSPS) is 11.3. The Morgan fingerprint density at radius 3 is 2.78 bits per heavy atom. The summed E-state index contributed by atoms with van der Waals surface area (Å²) in [6.45, 7) is 1.95. The highest BCUT2D eigenvalue weighted by Crippen LogP contribution is 2.34. The van der Waals surface area contributed by atoms with Crippen molar-refractivity contribution in [3.63, 3.8) is 0 Å². The fraction of sp³-hybridized carbons (Fsp3) is 0.154. The number of nitrogens with two attached hydrogens (primary N) is 1. The van der Waals surface area contributed by atoms with E-state index in [1.807, 2.05) is 18.5 Å². The van der Waals surface area contributed by atoms with Crippen molar-refractivity contribution >= 4 is 16.7 Å². The van der Waals surface area contributed by atoms with Crippen molar-refractivity contribution in [2.24, 2.45) is 7.05 Å². The van der Waals surface area contributed by atoms with Gasteiger partial charge in [-0.25, -0.2) is 4.39 Å². The zero-order valence-corrected chi connectivity index (χ0v) is 10.1. The molecule has 0 atom stereocenters. The average molecular weight is 245 g/mol. The van der Waals surface area contributed by atoms with E-state index in [-0.39, 0.29) is 5.82 Å². The van der Waals surface area contributed by atoms with Crippen LogP contribution in [-0.2, 0) is 7.05 Å². The van der Waals surface area contributed by atoms with Crippen LogP contribution in [0.3, 0.4) is 0 Å². The minimum atomic E-state index is -0.258. The average Bonchev–Trinajstić information content (AvgIpc) is 2.85. The molecule has 0 radical (unpaired) electrons. The van der Waals surface area contributed by atoms with E-state index in [0.717, 1.165) is 22.2 Å². The summed E-state index contributed by atoms with van der Waals surface area (Å²) in [6, 6.07) is 6.35. The molecule has 0 aliphatic heterocycles. The molecule has 3 aromatic rings. The van der Waals surface area contributed by atoms with Crippen LogP contribution in [0.5, 0.6) is 0 Å². The first-order valence-electron chi connectivity index (χ1n) is 5.55. The highest BCUT2D eigenvalue weighted by Gasteiger charge is 2.17. The molecular formula is C13H12FN3O. The third-order valence-electron chi connectivity index (χ3n) is 3.23. The molecular weight excluding hydrogens is 233 g/mol. The molecule has 0 spiro atoms. The Labute approximate surface area is 103 Å². The smallest absolute Gasteiger partial charge is 0.171 e. The quantitative estimate of drug-likeness (QED) is 0.717. The summed E-state index contributed by atoms with van der Waals surface area (Å²) < 4.78 is 20.4. The van der Waals surface area contributed by atoms with Gasteiger partial charge in [0.2, 0.25) is 0 Å². The van der Waals surface area contributed by atoms with Gasteiger partial charge in [0, 0.05) is 29.8 Å². The summed E-state index contributed by atoms with van der Waals surface area (Å²) in [6.07, 6.45) is 0. The van der Waals surface area contributed by atoms with Crippen LogP contribution in [0.15, 0.2) is 28.8 Å². The van der Waals surface area contributed by atoms with Crippen molar-refractivity contribution < 1.29 is 8.91 Å². The van der Waals surface area contributed by atoms with Gasteiger partial charge in [0.25, 0.3) is 0 Å². The number of aromatic nitrogens is 2. The van der Waals surface area contributed by atoms with Gasteiger partial charge in [0.05, 0.1) is 5.52 Å². The van der Waals surface area contributed by atoms with Gasteiger partial charge in [-0.1, -0.05) is 5.16 Å². The second-order valence-corrected chi connectivity index (χ2v) is 4.30. The SMILES string of the molecule is Cc1c(-c2cc(N)no2)c2ccc(F)cc2n1C. The van der Waals surface area contributed by atoms with E-state index in [9.17, 15) is 4.39 Å². The molecule has 5 heteroatoms. The molecule has 2 N–H and O–H groups in total. The van der Waals surface area contributed by atoms with Gasteiger partial charge in [0.15, 0.2) is 11.6 Å². The minimum absolute atomic E-state index is 0.258. The number of hydrogen-bond donors (Lipinski definition) is 1. The Hall–Kier alpha value is -2.30. The second kappa shape index (κ2) is 3.60. The number of nitrogen functional groups attached to an aromatic ring is 1. The third kappa shape index (κ3) is 1.40. The molecule has 0 unspecified atom stereocenters. The van der Waals surface area contributed by atoms with Crippen molar-refractivity contribution in [3.8, 4) is 11.3 Å². The molecule has 3 rings (SSSR count). The van der Waals surface area contributed by atoms with E-state index in [2.05, 4.69) is 5.16 Å². The van der Waals surface area contributed by atoms with Crippen LogP contribution in [-0.4, -0.2) is 9.72 Å². The third-order valence-corrected chi connectivity index (χ3v) is 3.23. The number of rotatable bonds is 1. The minimum Gasteiger partial charge on any atom is -0.381 e. The molecule has 2 heterocycles. The molecule has 0 fully saturated rings. The van der Waals surface area contributed by atoms with Crippen molar-refractivity contribution in [1.29, 1.82) is 0 Å². The van der Waals surface area contributed by atoms with E-state index in [1.54, 1.807) is 12.1 Å². The van der Waals surface area contributed by atoms with E-state index in [0.29, 0.717) is 11.6 Å². The van der Waals surface area contributed by atoms with Gasteiger partial charge in [0.1, 0.15) is 5.82 Å². The Morgan fingerprint density at radius 2 is 2.11 bits per heavy atom. The number of benzene rings is 1. The summed E-state index contributed by atoms with van der Waals surface area (Å²) in [5.74, 6) is 0.678. The van der Waals surface area contributed by atoms with Crippen molar-refractivity contribution in [2.75, 3.05) is 5.73 Å². The van der Waals surface area contributed by atoms with Gasteiger partial charge >= 0.3 is 0 Å². The lowest BCUT2D eigenvalue weighted by molar-refractivity contribution is 0.436. The zero-order valence-electron chi connectivity index (χ0n) is 10.1. The largest absolute Gasteiger partial charge is 0.381 e. The molecule has 1 aromatic carbocycles. The number of anilines is 1. The molecule has 0 saturated heterocycles. The Morgan fingerprint density at radius 1 is 1.33 bits per heavy atom. The number of nitrogens with zero attached hydrogens (tertiary/aromatic N) is 2. The first-order chi connectivity index (χ1) is 8.58. The molecule has 92 valence electrons. The van der Waals surface area contributed by atoms with E-state index in [4.69, 9.17) is 10.3 Å². The standard InChI is InChI=1S/C13H12FN3O/c1-7-13(11-6-12(15)16-18-11)9-4-3-8(14)5-10(9)17(7)2/h3-6H,1-2H3,(H2,15,16). The number of aryl methyl sites for hydroxylation is 1. The highest BCUT2D eigenvalue weighted by molar-refractivity contribution is 5.97. The van der Waals surface area contributed by atoms with Gasteiger partial charge in [-0.2, -0.15) is 0 Å². The number of halogens is 1. The molecule has 0 saturated carbocycles. The van der Waals surface area contributed by atoms with Crippen molar-refractivity contribution in [1.82, 2.24) is 9.72 Å². The lowest BCUT2D eigenvalue weighted by Gasteiger charge is -1.98. The Bertz CT molecular complexity index is 742.